The molecule has 3 aliphatic rings. The zero-order chi connectivity index (χ0) is 30.6. The maximum atomic E-state index is 14.3. The molecule has 2 unspecified atom stereocenters. The number of likely N-dealkylation sites (tertiary alicyclic amines) is 1. The molecule has 12 heteroatoms. The Bertz CT molecular complexity index is 1580. The summed E-state index contributed by atoms with van der Waals surface area (Å²) in [6.45, 7) is 1.95. The summed E-state index contributed by atoms with van der Waals surface area (Å²) in [4.78, 5) is 43.3. The van der Waals surface area contributed by atoms with Crippen LogP contribution in [0.4, 0.5) is 24.7 Å². The summed E-state index contributed by atoms with van der Waals surface area (Å²) in [5, 5.41) is 7.34. The summed E-state index contributed by atoms with van der Waals surface area (Å²) in [5.41, 5.74) is 1.05. The molecular weight excluding hydrogens is 627 g/mol. The second-order valence-corrected chi connectivity index (χ2v) is 12.5. The van der Waals surface area contributed by atoms with Gasteiger partial charge < -0.3 is 10.2 Å². The molecule has 2 fully saturated rings. The Balaban J connectivity index is 1.37. The molecule has 1 saturated heterocycles. The highest BCUT2D eigenvalue weighted by molar-refractivity contribution is 9.10. The lowest BCUT2D eigenvalue weighted by molar-refractivity contribution is -0.138. The summed E-state index contributed by atoms with van der Waals surface area (Å²) in [7, 11) is 1.56. The highest BCUT2D eigenvalue weighted by atomic mass is 79.9. The van der Waals surface area contributed by atoms with Gasteiger partial charge in [0.15, 0.2) is 0 Å². The fourth-order valence-electron chi connectivity index (χ4n) is 6.46. The number of aromatic nitrogens is 2. The lowest BCUT2D eigenvalue weighted by Gasteiger charge is -2.47. The van der Waals surface area contributed by atoms with E-state index in [4.69, 9.17) is 5.10 Å². The molecule has 0 radical (unpaired) electrons. The molecule has 43 heavy (non-hydrogen) atoms. The lowest BCUT2D eigenvalue weighted by atomic mass is 9.80. The Morgan fingerprint density at radius 1 is 1.09 bits per heavy atom. The van der Waals surface area contributed by atoms with Gasteiger partial charge in [-0.25, -0.2) is 4.68 Å². The zero-order valence-electron chi connectivity index (χ0n) is 23.7. The number of halogens is 4. The third kappa shape index (κ3) is 5.23. The Morgan fingerprint density at radius 2 is 1.79 bits per heavy atom. The number of carbonyl (C=O) groups excluding carboxylic acids is 3. The van der Waals surface area contributed by atoms with E-state index in [1.54, 1.807) is 47.3 Å². The van der Waals surface area contributed by atoms with E-state index in [1.807, 2.05) is 11.6 Å². The normalized spacial score (nSPS) is 22.1. The number of nitrogens with zero attached hydrogens (tertiary/aromatic N) is 4. The van der Waals surface area contributed by atoms with Gasteiger partial charge in [-0.2, -0.15) is 18.3 Å². The zero-order valence-corrected chi connectivity index (χ0v) is 25.3. The molecule has 3 aromatic rings. The van der Waals surface area contributed by atoms with Crippen LogP contribution in [0, 0.1) is 11.8 Å². The largest absolute Gasteiger partial charge is 0.417 e. The minimum Gasteiger partial charge on any atom is -0.355 e. The van der Waals surface area contributed by atoms with Crippen LogP contribution in [0.5, 0.6) is 0 Å². The second kappa shape index (κ2) is 11.1. The summed E-state index contributed by atoms with van der Waals surface area (Å²) in [5.74, 6) is -0.224. The van der Waals surface area contributed by atoms with Crippen LogP contribution in [0.2, 0.25) is 0 Å². The summed E-state index contributed by atoms with van der Waals surface area (Å²) >= 11 is 2.94. The maximum absolute atomic E-state index is 14.3. The summed E-state index contributed by atoms with van der Waals surface area (Å²) in [6.07, 6.45) is 1.66. The number of nitrogens with one attached hydrogen (secondary N) is 1. The van der Waals surface area contributed by atoms with Crippen LogP contribution in [0.25, 0.3) is 0 Å². The first-order chi connectivity index (χ1) is 20.5. The molecule has 1 N–H and O–H groups in total. The van der Waals surface area contributed by atoms with E-state index in [0.717, 1.165) is 30.9 Å². The van der Waals surface area contributed by atoms with Gasteiger partial charge in [-0.15, -0.1) is 0 Å². The van der Waals surface area contributed by atoms with Gasteiger partial charge in [0.1, 0.15) is 5.82 Å². The molecule has 2 aliphatic heterocycles. The Hall–Kier alpha value is -3.67. The first-order valence-corrected chi connectivity index (χ1v) is 15.2. The number of anilines is 2. The van der Waals surface area contributed by atoms with Crippen LogP contribution in [-0.4, -0.2) is 52.0 Å². The van der Waals surface area contributed by atoms with E-state index in [0.29, 0.717) is 29.4 Å². The molecule has 3 amide bonds. The van der Waals surface area contributed by atoms with Crippen LogP contribution in [0.15, 0.2) is 53.1 Å². The molecule has 1 aromatic heterocycles. The third-order valence-corrected chi connectivity index (χ3v) is 9.70. The molecule has 2 aromatic carbocycles. The number of benzene rings is 2. The molecule has 226 valence electrons. The molecule has 0 spiro atoms. The third-order valence-electron chi connectivity index (χ3n) is 9.01. The van der Waals surface area contributed by atoms with Crippen molar-refractivity contribution in [3.8, 4) is 0 Å². The van der Waals surface area contributed by atoms with Crippen molar-refractivity contribution in [3.05, 3.63) is 75.4 Å². The van der Waals surface area contributed by atoms with Gasteiger partial charge in [0.2, 0.25) is 5.91 Å². The van der Waals surface area contributed by atoms with Crippen molar-refractivity contribution >= 4 is 45.2 Å². The molecule has 3 atom stereocenters. The highest BCUT2D eigenvalue weighted by Crippen LogP contribution is 2.46. The van der Waals surface area contributed by atoms with Gasteiger partial charge in [0.05, 0.1) is 29.4 Å². The van der Waals surface area contributed by atoms with Crippen molar-refractivity contribution in [1.29, 1.82) is 0 Å². The lowest BCUT2D eigenvalue weighted by Crippen LogP contribution is -2.56. The molecule has 6 rings (SSSR count). The Kier molecular flexibility index (Phi) is 7.60. The van der Waals surface area contributed by atoms with Crippen LogP contribution in [-0.2, 0) is 17.4 Å². The van der Waals surface area contributed by atoms with Crippen molar-refractivity contribution in [2.75, 3.05) is 18.5 Å². The SMILES string of the molecule is CNC(=O)c1ccc(N2C(=O)C3C[C@H](C)N(C(=O)c4ccc(Br)c(C(F)(F)F)c4)CC3n3ncc(CC4CCC4)c32)cc1. The summed E-state index contributed by atoms with van der Waals surface area (Å²) in [6, 6.07) is 9.47. The van der Waals surface area contributed by atoms with Gasteiger partial charge in [-0.05, 0) is 68.1 Å². The number of amides is 3. The van der Waals surface area contributed by atoms with E-state index < -0.39 is 35.6 Å². The van der Waals surface area contributed by atoms with Crippen molar-refractivity contribution < 1.29 is 27.6 Å². The monoisotopic (exact) mass is 657 g/mol. The minimum absolute atomic E-state index is 0.0628. The number of rotatable bonds is 5. The molecule has 0 bridgehead atoms. The molecule has 8 nitrogen and oxygen atoms in total. The van der Waals surface area contributed by atoms with Crippen molar-refractivity contribution in [2.45, 2.75) is 57.3 Å². The predicted molar refractivity (Wildman–Crippen MR) is 157 cm³/mol. The topological polar surface area (TPSA) is 87.5 Å². The van der Waals surface area contributed by atoms with Crippen molar-refractivity contribution in [3.63, 3.8) is 0 Å². The second-order valence-electron chi connectivity index (χ2n) is 11.6. The maximum Gasteiger partial charge on any atom is 0.417 e. The van der Waals surface area contributed by atoms with Gasteiger partial charge in [-0.3, -0.25) is 19.3 Å². The van der Waals surface area contributed by atoms with Gasteiger partial charge in [-0.1, -0.05) is 35.2 Å². The number of alkyl halides is 3. The number of hydrogen-bond donors (Lipinski definition) is 1. The number of hydrogen-bond acceptors (Lipinski definition) is 4. The quantitative estimate of drug-likeness (QED) is 0.357. The van der Waals surface area contributed by atoms with E-state index in [2.05, 4.69) is 21.2 Å². The van der Waals surface area contributed by atoms with E-state index in [1.165, 1.54) is 18.6 Å². The Labute approximate surface area is 255 Å². The molecule has 1 saturated carbocycles. The standard InChI is InChI=1S/C31H31BrF3N5O3/c1-17-12-23-26(16-38(17)29(42)20-8-11-25(32)24(14-20)31(33,34)35)40-28(21(15-37-40)13-18-4-3-5-18)39(30(23)43)22-9-6-19(7-10-22)27(41)36-2/h6-11,14-15,17-18,23,26H,3-5,12-13,16H2,1-2H3,(H,36,41)/t17-,23?,26?/m0/s1. The highest BCUT2D eigenvalue weighted by Gasteiger charge is 2.49. The van der Waals surface area contributed by atoms with Gasteiger partial charge in [0, 0.05) is 40.8 Å². The average Bonchev–Trinajstić information content (AvgIpc) is 3.37. The van der Waals surface area contributed by atoms with Crippen LogP contribution >= 0.6 is 15.9 Å². The van der Waals surface area contributed by atoms with Crippen LogP contribution in [0.1, 0.15) is 70.5 Å². The average molecular weight is 659 g/mol. The molecular formula is C31H31BrF3N5O3. The molecule has 3 heterocycles. The van der Waals surface area contributed by atoms with E-state index in [9.17, 15) is 27.6 Å². The van der Waals surface area contributed by atoms with Gasteiger partial charge >= 0.3 is 6.18 Å². The Morgan fingerprint density at radius 3 is 2.42 bits per heavy atom. The van der Waals surface area contributed by atoms with Crippen LogP contribution < -0.4 is 10.2 Å². The number of carbonyl (C=O) groups is 3. The van der Waals surface area contributed by atoms with Crippen molar-refractivity contribution in [2.24, 2.45) is 11.8 Å². The smallest absolute Gasteiger partial charge is 0.355 e. The van der Waals surface area contributed by atoms with Crippen LogP contribution in [0.3, 0.4) is 0 Å². The number of piperidine rings is 1. The first kappa shape index (κ1) is 29.4. The van der Waals surface area contributed by atoms with Crippen molar-refractivity contribution in [1.82, 2.24) is 20.0 Å². The molecule has 1 aliphatic carbocycles. The summed E-state index contributed by atoms with van der Waals surface area (Å²) < 4.78 is 42.5. The van der Waals surface area contributed by atoms with Gasteiger partial charge in [0.25, 0.3) is 11.8 Å². The first-order valence-electron chi connectivity index (χ1n) is 14.4. The number of fused-ring (bicyclic) bond motifs is 3. The minimum atomic E-state index is -4.62. The fraction of sp³-hybridized carbons (Fsp3) is 0.419. The fourth-order valence-corrected chi connectivity index (χ4v) is 6.93. The predicted octanol–water partition coefficient (Wildman–Crippen LogP) is 6.14. The van der Waals surface area contributed by atoms with E-state index >= 15 is 0 Å². The van der Waals surface area contributed by atoms with E-state index in [-0.39, 0.29) is 28.4 Å².